The van der Waals surface area contributed by atoms with E-state index in [1.165, 1.54) is 12.1 Å². The predicted octanol–water partition coefficient (Wildman–Crippen LogP) is 7.05. The van der Waals surface area contributed by atoms with Gasteiger partial charge in [0.2, 0.25) is 0 Å². The summed E-state index contributed by atoms with van der Waals surface area (Å²) in [5.74, 6) is 0.666. The van der Waals surface area contributed by atoms with Gasteiger partial charge in [0.1, 0.15) is 21.8 Å². The minimum Gasteiger partial charge on any atom is -0.405 e. The van der Waals surface area contributed by atoms with Gasteiger partial charge in [-0.05, 0) is 66.6 Å². The van der Waals surface area contributed by atoms with Crippen LogP contribution in [-0.4, -0.2) is 34.7 Å². The summed E-state index contributed by atoms with van der Waals surface area (Å²) in [5, 5.41) is 7.22. The molecule has 3 atom stereocenters. The van der Waals surface area contributed by atoms with Crippen LogP contribution in [0.3, 0.4) is 0 Å². The smallest absolute Gasteiger partial charge is 0.405 e. The van der Waals surface area contributed by atoms with Crippen LogP contribution in [0, 0.1) is 0 Å². The van der Waals surface area contributed by atoms with Crippen molar-refractivity contribution < 1.29 is 27.2 Å². The summed E-state index contributed by atoms with van der Waals surface area (Å²) in [6, 6.07) is 6.80. The van der Waals surface area contributed by atoms with E-state index in [4.69, 9.17) is 9.26 Å². The molecular weight excluding hydrogens is 547 g/mol. The third-order valence-electron chi connectivity index (χ3n) is 6.97. The van der Waals surface area contributed by atoms with Crippen LogP contribution in [0.2, 0.25) is 0 Å². The van der Waals surface area contributed by atoms with Gasteiger partial charge in [0.25, 0.3) is 0 Å². The number of piperidine rings is 1. The Bertz CT molecular complexity index is 1200. The minimum atomic E-state index is -4.80. The number of fused-ring (bicyclic) bond motifs is 2. The van der Waals surface area contributed by atoms with E-state index in [1.54, 1.807) is 23.5 Å². The Hall–Kier alpha value is -2.11. The zero-order chi connectivity index (χ0) is 24.2. The van der Waals surface area contributed by atoms with E-state index in [0.717, 1.165) is 59.6 Å². The summed E-state index contributed by atoms with van der Waals surface area (Å²) in [7, 11) is 0. The number of halogens is 4. The molecule has 35 heavy (non-hydrogen) atoms. The number of hydrogen-bond donors (Lipinski definition) is 0. The predicted molar refractivity (Wildman–Crippen MR) is 128 cm³/mol. The number of para-hydroxylation sites is 1. The monoisotopic (exact) mass is 569 g/mol. The molecule has 2 bridgehead atoms. The fourth-order valence-electron chi connectivity index (χ4n) is 5.36. The maximum Gasteiger partial charge on any atom is 0.573 e. The molecule has 3 aliphatic rings. The van der Waals surface area contributed by atoms with Crippen molar-refractivity contribution in [3.8, 4) is 17.0 Å². The van der Waals surface area contributed by atoms with Crippen molar-refractivity contribution in [3.05, 3.63) is 45.6 Å². The third-order valence-corrected chi connectivity index (χ3v) is 8.54. The first kappa shape index (κ1) is 23.3. The summed E-state index contributed by atoms with van der Waals surface area (Å²) >= 11 is 5.10. The summed E-state index contributed by atoms with van der Waals surface area (Å²) in [6.07, 6.45) is 1.22. The zero-order valence-corrected chi connectivity index (χ0v) is 21.0. The summed E-state index contributed by atoms with van der Waals surface area (Å²) < 4.78 is 56.2. The summed E-state index contributed by atoms with van der Waals surface area (Å²) in [4.78, 5) is 7.04. The van der Waals surface area contributed by atoms with Crippen LogP contribution in [-0.2, 0) is 11.3 Å². The van der Waals surface area contributed by atoms with E-state index >= 15 is 0 Å². The van der Waals surface area contributed by atoms with Crippen molar-refractivity contribution in [2.45, 2.75) is 75.6 Å². The van der Waals surface area contributed by atoms with Crippen LogP contribution >= 0.6 is 27.3 Å². The number of ether oxygens (including phenoxy) is 2. The Balaban J connectivity index is 1.22. The fourth-order valence-corrected chi connectivity index (χ4v) is 6.75. The topological polar surface area (TPSA) is 60.6 Å². The number of thiazole rings is 1. The van der Waals surface area contributed by atoms with Gasteiger partial charge in [-0.25, -0.2) is 4.98 Å². The van der Waals surface area contributed by atoms with Gasteiger partial charge in [-0.2, -0.15) is 0 Å². The molecule has 11 heteroatoms. The summed E-state index contributed by atoms with van der Waals surface area (Å²) in [6.45, 7) is 0.248. The van der Waals surface area contributed by atoms with Gasteiger partial charge in [0.15, 0.2) is 5.13 Å². The quantitative estimate of drug-likeness (QED) is 0.303. The standard InChI is InChI=1S/C24H23BrF3N3O3S/c25-20-12-35-23(29-20)31-14-7-8-15(31)10-16(9-14)32-11-18-21(30-34-22(18)13-5-6-13)17-3-1-2-4-19(17)33-24(26,27)28/h1-4,12-16H,5-11H2/t14-,15+,16+. The van der Waals surface area contributed by atoms with Gasteiger partial charge in [0.05, 0.1) is 12.7 Å². The van der Waals surface area contributed by atoms with E-state index < -0.39 is 6.36 Å². The molecule has 2 aliphatic heterocycles. The van der Waals surface area contributed by atoms with Crippen molar-refractivity contribution in [3.63, 3.8) is 0 Å². The van der Waals surface area contributed by atoms with E-state index in [0.29, 0.717) is 17.8 Å². The molecule has 1 aliphatic carbocycles. The highest BCUT2D eigenvalue weighted by Gasteiger charge is 2.43. The summed E-state index contributed by atoms with van der Waals surface area (Å²) in [5.41, 5.74) is 1.34. The number of anilines is 1. The molecule has 0 radical (unpaired) electrons. The van der Waals surface area contributed by atoms with Gasteiger partial charge >= 0.3 is 6.36 Å². The first-order valence-electron chi connectivity index (χ1n) is 11.7. The molecule has 3 aromatic rings. The Morgan fingerprint density at radius 3 is 2.51 bits per heavy atom. The van der Waals surface area contributed by atoms with Crippen molar-refractivity contribution in [1.82, 2.24) is 10.1 Å². The minimum absolute atomic E-state index is 0.0589. The molecule has 4 heterocycles. The lowest BCUT2D eigenvalue weighted by Crippen LogP contribution is -2.45. The number of aromatic nitrogens is 2. The van der Waals surface area contributed by atoms with Gasteiger partial charge in [-0.3, -0.25) is 0 Å². The maximum absolute atomic E-state index is 13.0. The Morgan fingerprint density at radius 1 is 1.11 bits per heavy atom. The largest absolute Gasteiger partial charge is 0.573 e. The molecule has 2 saturated heterocycles. The van der Waals surface area contributed by atoms with E-state index in [9.17, 15) is 13.2 Å². The molecule has 1 saturated carbocycles. The molecule has 0 unspecified atom stereocenters. The van der Waals surface area contributed by atoms with Crippen LogP contribution in [0.25, 0.3) is 11.3 Å². The average Bonchev–Trinajstić information content (AvgIpc) is 3.33. The zero-order valence-electron chi connectivity index (χ0n) is 18.6. The molecule has 6 nitrogen and oxygen atoms in total. The molecule has 0 spiro atoms. The highest BCUT2D eigenvalue weighted by Crippen LogP contribution is 2.46. The number of alkyl halides is 3. The molecule has 1 aromatic carbocycles. The number of rotatable bonds is 7. The van der Waals surface area contributed by atoms with Gasteiger partial charge in [-0.1, -0.05) is 17.3 Å². The lowest BCUT2D eigenvalue weighted by Gasteiger charge is -2.38. The van der Waals surface area contributed by atoms with Gasteiger partial charge in [-0.15, -0.1) is 24.5 Å². The van der Waals surface area contributed by atoms with Crippen LogP contribution in [0.15, 0.2) is 38.8 Å². The second kappa shape index (κ2) is 9.08. The molecule has 186 valence electrons. The highest BCUT2D eigenvalue weighted by atomic mass is 79.9. The van der Waals surface area contributed by atoms with E-state index in [1.807, 2.05) is 5.38 Å². The molecular formula is C24H23BrF3N3O3S. The SMILES string of the molecule is FC(F)(F)Oc1ccccc1-c1noc(C2CC2)c1CO[C@H]1C[C@H]2CC[C@@H](C1)N2c1nc(Br)cs1. The van der Waals surface area contributed by atoms with E-state index in [-0.39, 0.29) is 29.9 Å². The Kier molecular flexibility index (Phi) is 6.04. The lowest BCUT2D eigenvalue weighted by molar-refractivity contribution is -0.274. The lowest BCUT2D eigenvalue weighted by atomic mass is 10.00. The second-order valence-corrected chi connectivity index (χ2v) is 11.0. The highest BCUT2D eigenvalue weighted by molar-refractivity contribution is 9.10. The normalized spacial score (nSPS) is 24.2. The second-order valence-electron chi connectivity index (χ2n) is 9.34. The van der Waals surface area contributed by atoms with Crippen LogP contribution in [0.5, 0.6) is 5.75 Å². The molecule has 3 fully saturated rings. The van der Waals surface area contributed by atoms with Crippen molar-refractivity contribution in [1.29, 1.82) is 0 Å². The fraction of sp³-hybridized carbons (Fsp3) is 0.500. The van der Waals surface area contributed by atoms with Gasteiger partial charge in [0, 0.05) is 34.5 Å². The van der Waals surface area contributed by atoms with Crippen LogP contribution in [0.1, 0.15) is 55.8 Å². The first-order chi connectivity index (χ1) is 16.9. The van der Waals surface area contributed by atoms with Crippen molar-refractivity contribution in [2.24, 2.45) is 0 Å². The Morgan fingerprint density at radius 2 is 1.86 bits per heavy atom. The van der Waals surface area contributed by atoms with E-state index in [2.05, 4.69) is 35.7 Å². The first-order valence-corrected chi connectivity index (χ1v) is 13.4. The van der Waals surface area contributed by atoms with Crippen LogP contribution < -0.4 is 9.64 Å². The molecule has 6 rings (SSSR count). The van der Waals surface area contributed by atoms with Crippen molar-refractivity contribution in [2.75, 3.05) is 4.90 Å². The maximum atomic E-state index is 13.0. The van der Waals surface area contributed by atoms with Crippen molar-refractivity contribution >= 4 is 32.4 Å². The number of benzene rings is 1. The Labute approximate surface area is 212 Å². The number of nitrogens with zero attached hydrogens (tertiary/aromatic N) is 3. The molecule has 0 N–H and O–H groups in total. The van der Waals surface area contributed by atoms with Crippen LogP contribution in [0.4, 0.5) is 18.3 Å². The van der Waals surface area contributed by atoms with Gasteiger partial charge < -0.3 is 18.9 Å². The average molecular weight is 570 g/mol. The number of hydrogen-bond acceptors (Lipinski definition) is 7. The molecule has 2 aromatic heterocycles. The third kappa shape index (κ3) is 4.82. The molecule has 0 amide bonds.